The van der Waals surface area contributed by atoms with Crippen LogP contribution in [0.15, 0.2) is 367 Å². The maximum absolute atomic E-state index is 9.09. The van der Waals surface area contributed by atoms with Crippen LogP contribution in [0.25, 0.3) is 197 Å². The van der Waals surface area contributed by atoms with Crippen molar-refractivity contribution in [2.45, 2.75) is 62.3 Å². The van der Waals surface area contributed by atoms with Crippen LogP contribution < -0.4 is 0 Å². The largest absolute Gasteiger partial charge is 0.456 e. The summed E-state index contributed by atoms with van der Waals surface area (Å²) in [6, 6.07) is 124. The lowest BCUT2D eigenvalue weighted by Gasteiger charge is -1.93. The third kappa shape index (κ3) is 18.4. The molecule has 0 N–H and O–H groups in total. The van der Waals surface area contributed by atoms with E-state index in [1.165, 1.54) is 33.4 Å². The molecule has 0 atom stereocenters. The molecule has 9 heterocycles. The minimum absolute atomic E-state index is 0.589. The summed E-state index contributed by atoms with van der Waals surface area (Å²) in [5.74, 6) is 0. The predicted octanol–water partition coefficient (Wildman–Crippen LogP) is 33.9. The van der Waals surface area contributed by atoms with Gasteiger partial charge in [0.15, 0.2) is 11.2 Å². The summed E-state index contributed by atoms with van der Waals surface area (Å²) in [6.07, 6.45) is 0. The molecule has 27 aromatic rings. The second kappa shape index (κ2) is 39.7. The van der Waals surface area contributed by atoms with E-state index in [2.05, 4.69) is 110 Å². The molecule has 0 aliphatic heterocycles. The van der Waals surface area contributed by atoms with Crippen molar-refractivity contribution in [2.75, 3.05) is 0 Å². The highest BCUT2D eigenvalue weighted by molar-refractivity contribution is 6.14. The van der Waals surface area contributed by atoms with E-state index in [0.29, 0.717) is 61.2 Å². The minimum Gasteiger partial charge on any atom is -0.456 e. The van der Waals surface area contributed by atoms with Gasteiger partial charge in [0.2, 0.25) is 0 Å². The Bertz CT molecular complexity index is 10100. The van der Waals surface area contributed by atoms with Gasteiger partial charge in [-0.3, -0.25) is 0 Å². The average molecular weight is 1870 g/mol. The van der Waals surface area contributed by atoms with Gasteiger partial charge in [0.1, 0.15) is 101 Å². The van der Waals surface area contributed by atoms with Crippen molar-refractivity contribution in [3.8, 4) is 54.6 Å². The van der Waals surface area contributed by atoms with Gasteiger partial charge in [-0.1, -0.05) is 156 Å². The number of aryl methyl sites for hydroxylation is 9. The van der Waals surface area contributed by atoms with Gasteiger partial charge in [-0.25, -0.2) is 0 Å². The van der Waals surface area contributed by atoms with Gasteiger partial charge in [-0.2, -0.15) is 47.4 Å². The lowest BCUT2D eigenvalue weighted by atomic mass is 10.1. The van der Waals surface area contributed by atoms with E-state index in [4.69, 9.17) is 87.1 Å². The average Bonchev–Trinajstić information content (AvgIpc) is 1.60. The van der Waals surface area contributed by atoms with Gasteiger partial charge in [-0.05, 0) is 284 Å². The fourth-order valence-corrected chi connectivity index (χ4v) is 18.0. The van der Waals surface area contributed by atoms with Crippen LogP contribution >= 0.6 is 0 Å². The van der Waals surface area contributed by atoms with Gasteiger partial charge < -0.3 is 39.8 Å². The lowest BCUT2D eigenvalue weighted by Crippen LogP contribution is -1.76. The van der Waals surface area contributed by atoms with Crippen LogP contribution in [0.4, 0.5) is 0 Å². The first kappa shape index (κ1) is 92.6. The van der Waals surface area contributed by atoms with Crippen LogP contribution in [0, 0.1) is 164 Å². The van der Waals surface area contributed by atoms with E-state index in [-0.39, 0.29) is 0 Å². The zero-order chi connectivity index (χ0) is 100. The quantitative estimate of drug-likeness (QED) is 0.136. The highest BCUT2D eigenvalue weighted by Crippen LogP contribution is 2.41. The molecular weight excluding hydrogens is 1780 g/mol. The number of nitriles is 9. The van der Waals surface area contributed by atoms with Gasteiger partial charge in [0.25, 0.3) is 0 Å². The Labute approximate surface area is 823 Å². The van der Waals surface area contributed by atoms with Crippen molar-refractivity contribution >= 4 is 197 Å². The Balaban J connectivity index is 0.000000103. The molecule has 18 nitrogen and oxygen atoms in total. The zero-order valence-corrected chi connectivity index (χ0v) is 79.4. The Morgan fingerprint density at radius 1 is 0.146 bits per heavy atom. The van der Waals surface area contributed by atoms with E-state index in [0.717, 1.165) is 203 Å². The summed E-state index contributed by atoms with van der Waals surface area (Å²) in [4.78, 5) is 0. The molecule has 0 aliphatic carbocycles. The Morgan fingerprint density at radius 3 is 0.833 bits per heavy atom. The van der Waals surface area contributed by atoms with E-state index in [9.17, 15) is 0 Å². The van der Waals surface area contributed by atoms with Crippen molar-refractivity contribution in [3.05, 3.63) is 428 Å². The van der Waals surface area contributed by atoms with Crippen LogP contribution in [0.3, 0.4) is 0 Å². The zero-order valence-electron chi connectivity index (χ0n) is 79.4. The standard InChI is InChI=1S/9C14H9NO/c1-9-2-5-13-12(6-9)11-4-3-10(8-15)7-14(11)16-13;1-9-2-4-13-11(6-9)12-7-10(8-15)3-5-14(12)16-13;1-9-2-4-11-12-7-10(8-15)3-5-13(12)16-14(11)6-9;1-9-2-4-11-12-5-3-10(8-15)7-14(12)16-13(11)6-9;1-9-4-2-6-11-13-10(8-15)5-3-7-12(13)16-14(9)11;1-9-5-6-12-11(7-9)14-10(8-15)3-2-4-13(14)16-12;1-9-5-6-11-13(7-9)16-12-4-2-3-10(8-15)14(11)12;1-9-5-6-11-12-4-2-3-10(8-15)14(12)16-13(11)7-9;1-9-5-6-13-12(7-9)11-4-2-3-10(8-15)14(11)16-13/h9*2-7H,1H3. The maximum atomic E-state index is 9.09. The molecule has 0 saturated heterocycles. The van der Waals surface area contributed by atoms with Gasteiger partial charge >= 0.3 is 0 Å². The third-order valence-corrected chi connectivity index (χ3v) is 25.0. The van der Waals surface area contributed by atoms with Crippen molar-refractivity contribution in [3.63, 3.8) is 0 Å². The third-order valence-electron chi connectivity index (χ3n) is 25.0. The number of nitrogens with zero attached hydrogens (tertiary/aromatic N) is 9. The van der Waals surface area contributed by atoms with Gasteiger partial charge in [-0.15, -0.1) is 0 Å². The second-order valence-corrected chi connectivity index (χ2v) is 35.1. The molecule has 0 aliphatic rings. The topological polar surface area (TPSA) is 332 Å². The normalized spacial score (nSPS) is 10.8. The fraction of sp³-hybridized carbons (Fsp3) is 0.0714. The van der Waals surface area contributed by atoms with Crippen LogP contribution in [-0.2, 0) is 0 Å². The lowest BCUT2D eigenvalue weighted by molar-refractivity contribution is 0.665. The summed E-state index contributed by atoms with van der Waals surface area (Å²) in [6.45, 7) is 18.3. The molecule has 0 spiro atoms. The van der Waals surface area contributed by atoms with Crippen LogP contribution in [0.5, 0.6) is 0 Å². The predicted molar refractivity (Wildman–Crippen MR) is 569 cm³/mol. The Kier molecular flexibility index (Phi) is 25.5. The van der Waals surface area contributed by atoms with Crippen LogP contribution in [0.2, 0.25) is 0 Å². The number of furan rings is 9. The first-order chi connectivity index (χ1) is 70.1. The van der Waals surface area contributed by atoms with Gasteiger partial charge in [0, 0.05) is 97.0 Å². The van der Waals surface area contributed by atoms with Crippen LogP contribution in [0.1, 0.15) is 100 Å². The number of rotatable bonds is 0. The molecule has 18 heteroatoms. The monoisotopic (exact) mass is 1860 g/mol. The number of benzene rings is 18. The smallest absolute Gasteiger partial charge is 0.153 e. The molecule has 18 aromatic carbocycles. The summed E-state index contributed by atoms with van der Waals surface area (Å²) >= 11 is 0. The summed E-state index contributed by atoms with van der Waals surface area (Å²) in [7, 11) is 0. The number of fused-ring (bicyclic) bond motifs is 27. The molecule has 0 amide bonds. The Hall–Kier alpha value is -20.4. The summed E-state index contributed by atoms with van der Waals surface area (Å²) in [5.41, 5.74) is 31.0. The van der Waals surface area contributed by atoms with Gasteiger partial charge in [0.05, 0.1) is 92.6 Å². The first-order valence-electron chi connectivity index (χ1n) is 46.0. The molecule has 27 rings (SSSR count). The van der Waals surface area contributed by atoms with Crippen molar-refractivity contribution in [1.29, 1.82) is 47.4 Å². The SMILES string of the molecule is Cc1ccc2c(c1)oc1c(C#N)cccc12.Cc1ccc2c(c1)oc1cc(C#N)ccc12.Cc1ccc2c(c1)oc1ccc(C#N)cc12.Cc1ccc2c(c1)oc1cccc(C#N)c12.Cc1ccc2oc3c(C#N)cccc3c2c1.Cc1ccc2oc3cc(C#N)ccc3c2c1.Cc1ccc2oc3ccc(C#N)cc3c2c1.Cc1ccc2oc3cccc(C#N)c3c2c1.Cc1cccc2c1oc1cccc(C#N)c12. The van der Waals surface area contributed by atoms with Crippen LogP contribution in [-0.4, -0.2) is 0 Å². The number of para-hydroxylation sites is 3. The molecule has 0 radical (unpaired) electrons. The molecule has 9 aromatic heterocycles. The van der Waals surface area contributed by atoms with E-state index in [1.54, 1.807) is 36.4 Å². The summed E-state index contributed by atoms with van der Waals surface area (Å²) < 4.78 is 51.5. The number of hydrogen-bond acceptors (Lipinski definition) is 18. The molecule has 144 heavy (non-hydrogen) atoms. The maximum Gasteiger partial charge on any atom is 0.153 e. The summed E-state index contributed by atoms with van der Waals surface area (Å²) in [5, 5.41) is 99.1. The fourth-order valence-electron chi connectivity index (χ4n) is 18.0. The molecule has 0 unspecified atom stereocenters. The van der Waals surface area contributed by atoms with E-state index < -0.39 is 0 Å². The highest BCUT2D eigenvalue weighted by Gasteiger charge is 2.19. The highest BCUT2D eigenvalue weighted by atomic mass is 16.4. The Morgan fingerprint density at radius 2 is 0.382 bits per heavy atom. The van der Waals surface area contributed by atoms with Crippen molar-refractivity contribution in [2.24, 2.45) is 0 Å². The molecule has 684 valence electrons. The van der Waals surface area contributed by atoms with Crippen molar-refractivity contribution < 1.29 is 39.8 Å². The second-order valence-electron chi connectivity index (χ2n) is 35.1. The van der Waals surface area contributed by atoms with Crippen molar-refractivity contribution in [1.82, 2.24) is 0 Å². The number of hydrogen-bond donors (Lipinski definition) is 0. The van der Waals surface area contributed by atoms with E-state index in [1.807, 2.05) is 298 Å². The molecule has 0 saturated carbocycles. The minimum atomic E-state index is 0.589. The molecule has 0 fully saturated rings. The first-order valence-corrected chi connectivity index (χ1v) is 46.0. The molecule has 0 bridgehead atoms. The molecular formula is C126H81N9O9. The van der Waals surface area contributed by atoms with E-state index >= 15 is 0 Å².